The third kappa shape index (κ3) is 6.56. The van der Waals surface area contributed by atoms with Gasteiger partial charge in [-0.1, -0.05) is 27.7 Å². The molecule has 0 unspecified atom stereocenters. The summed E-state index contributed by atoms with van der Waals surface area (Å²) in [4.78, 5) is 28.7. The molecule has 0 bridgehead atoms. The highest BCUT2D eigenvalue weighted by Gasteiger charge is 2.26. The number of pyridine rings is 1. The standard InChI is InChI=1S/C28H34N4O5S/c1-16(2)23-13-20(26(29)33)14-24(17(3)4)25(23)31-27(34)32-38(36,37)22-12-19(18-7-9-30-10-8-18)11-21(15-22)28(5,6)35/h7-17,35H,1-6H3,(H2,29,33)(H2,31,32,34). The van der Waals surface area contributed by atoms with Gasteiger partial charge in [0, 0.05) is 23.6 Å². The van der Waals surface area contributed by atoms with Crippen LogP contribution in [-0.2, 0) is 15.6 Å². The van der Waals surface area contributed by atoms with E-state index < -0.39 is 27.6 Å². The molecule has 3 rings (SSSR count). The minimum Gasteiger partial charge on any atom is -0.386 e. The number of hydrogen-bond donors (Lipinski definition) is 4. The van der Waals surface area contributed by atoms with E-state index in [2.05, 4.69) is 15.0 Å². The minimum absolute atomic E-state index is 0.0925. The topological polar surface area (TPSA) is 151 Å². The largest absolute Gasteiger partial charge is 0.386 e. The van der Waals surface area contributed by atoms with Crippen LogP contribution < -0.4 is 15.8 Å². The summed E-state index contributed by atoms with van der Waals surface area (Å²) in [5, 5.41) is 13.3. The lowest BCUT2D eigenvalue weighted by atomic mass is 9.90. The fourth-order valence-corrected chi connectivity index (χ4v) is 5.00. The highest BCUT2D eigenvalue weighted by molar-refractivity contribution is 7.90. The number of carbonyl (C=O) groups is 2. The number of aromatic nitrogens is 1. The molecule has 38 heavy (non-hydrogen) atoms. The average Bonchev–Trinajstić information content (AvgIpc) is 2.83. The molecule has 0 aliphatic carbocycles. The Kier molecular flexibility index (Phi) is 8.28. The van der Waals surface area contributed by atoms with Crippen LogP contribution in [0.25, 0.3) is 11.1 Å². The molecule has 0 spiro atoms. The Morgan fingerprint density at radius 3 is 1.95 bits per heavy atom. The number of nitrogens with two attached hydrogens (primary N) is 1. The Hall–Kier alpha value is -3.76. The van der Waals surface area contributed by atoms with Gasteiger partial charge in [-0.2, -0.15) is 0 Å². The van der Waals surface area contributed by atoms with Crippen molar-refractivity contribution in [3.8, 4) is 11.1 Å². The second kappa shape index (κ2) is 10.9. The molecule has 0 fully saturated rings. The molecule has 1 heterocycles. The summed E-state index contributed by atoms with van der Waals surface area (Å²) in [6.45, 7) is 10.7. The van der Waals surface area contributed by atoms with Crippen molar-refractivity contribution in [3.63, 3.8) is 0 Å². The summed E-state index contributed by atoms with van der Waals surface area (Å²) in [5.41, 5.74) is 7.81. The minimum atomic E-state index is -4.34. The lowest BCUT2D eigenvalue weighted by molar-refractivity contribution is 0.0784. The van der Waals surface area contributed by atoms with Gasteiger partial charge in [-0.15, -0.1) is 0 Å². The van der Waals surface area contributed by atoms with E-state index in [1.165, 1.54) is 12.1 Å². The van der Waals surface area contributed by atoms with Gasteiger partial charge in [0.15, 0.2) is 0 Å². The molecule has 5 N–H and O–H groups in total. The number of nitrogens with one attached hydrogen (secondary N) is 2. The number of nitrogens with zero attached hydrogens (tertiary/aromatic N) is 1. The van der Waals surface area contributed by atoms with Gasteiger partial charge in [-0.05, 0) is 96.0 Å². The predicted molar refractivity (Wildman–Crippen MR) is 147 cm³/mol. The van der Waals surface area contributed by atoms with E-state index in [9.17, 15) is 23.1 Å². The van der Waals surface area contributed by atoms with Crippen molar-refractivity contribution in [2.24, 2.45) is 5.73 Å². The zero-order valence-corrected chi connectivity index (χ0v) is 23.2. The number of carbonyl (C=O) groups excluding carboxylic acids is 2. The number of rotatable bonds is 8. The summed E-state index contributed by atoms with van der Waals surface area (Å²) >= 11 is 0. The second-order valence-corrected chi connectivity index (χ2v) is 12.0. The fourth-order valence-electron chi connectivity index (χ4n) is 4.02. The highest BCUT2D eigenvalue weighted by Crippen LogP contribution is 2.34. The number of benzene rings is 2. The molecule has 0 aliphatic heterocycles. The number of amides is 3. The van der Waals surface area contributed by atoms with Gasteiger partial charge >= 0.3 is 6.03 Å². The van der Waals surface area contributed by atoms with Crippen molar-refractivity contribution >= 4 is 27.6 Å². The first-order valence-corrected chi connectivity index (χ1v) is 13.7. The second-order valence-electron chi connectivity index (χ2n) is 10.3. The third-order valence-corrected chi connectivity index (χ3v) is 7.44. The Bertz CT molecular complexity index is 1430. The quantitative estimate of drug-likeness (QED) is 0.322. The Labute approximate surface area is 223 Å². The van der Waals surface area contributed by atoms with Gasteiger partial charge in [0.2, 0.25) is 5.91 Å². The molecule has 10 heteroatoms. The van der Waals surface area contributed by atoms with Gasteiger partial charge < -0.3 is 16.2 Å². The zero-order valence-electron chi connectivity index (χ0n) is 22.4. The van der Waals surface area contributed by atoms with Crippen LogP contribution in [0.2, 0.25) is 0 Å². The van der Waals surface area contributed by atoms with Gasteiger partial charge in [-0.3, -0.25) is 9.78 Å². The SMILES string of the molecule is CC(C)c1cc(C(N)=O)cc(C(C)C)c1NC(=O)NS(=O)(=O)c1cc(-c2ccncc2)cc(C(C)(C)O)c1. The zero-order chi connectivity index (χ0) is 28.4. The summed E-state index contributed by atoms with van der Waals surface area (Å²) < 4.78 is 28.8. The molecule has 0 saturated heterocycles. The molecule has 2 aromatic carbocycles. The smallest absolute Gasteiger partial charge is 0.333 e. The number of hydrogen-bond acceptors (Lipinski definition) is 6. The van der Waals surface area contributed by atoms with Crippen LogP contribution in [0.1, 0.15) is 80.4 Å². The van der Waals surface area contributed by atoms with E-state index in [0.29, 0.717) is 39.1 Å². The van der Waals surface area contributed by atoms with E-state index in [4.69, 9.17) is 5.73 Å². The molecular weight excluding hydrogens is 504 g/mol. The summed E-state index contributed by atoms with van der Waals surface area (Å²) in [7, 11) is -4.34. The van der Waals surface area contributed by atoms with Gasteiger partial charge in [0.25, 0.3) is 10.0 Å². The Morgan fingerprint density at radius 2 is 1.47 bits per heavy atom. The molecule has 9 nitrogen and oxygen atoms in total. The molecule has 3 aromatic rings. The van der Waals surface area contributed by atoms with Gasteiger partial charge in [0.1, 0.15) is 0 Å². The van der Waals surface area contributed by atoms with Crippen LogP contribution in [0.5, 0.6) is 0 Å². The number of anilines is 1. The van der Waals surface area contributed by atoms with E-state index in [-0.39, 0.29) is 16.7 Å². The number of primary amides is 1. The normalized spacial score (nSPS) is 12.0. The first kappa shape index (κ1) is 28.8. The Balaban J connectivity index is 2.02. The maximum atomic E-state index is 13.3. The van der Waals surface area contributed by atoms with Gasteiger partial charge in [-0.25, -0.2) is 17.9 Å². The number of aliphatic hydroxyl groups is 1. The lowest BCUT2D eigenvalue weighted by Gasteiger charge is -2.22. The first-order chi connectivity index (χ1) is 17.6. The Morgan fingerprint density at radius 1 is 0.921 bits per heavy atom. The van der Waals surface area contributed by atoms with E-state index in [1.54, 1.807) is 56.6 Å². The predicted octanol–water partition coefficient (Wildman–Crippen LogP) is 4.83. The molecule has 0 aliphatic rings. The van der Waals surface area contributed by atoms with Gasteiger partial charge in [0.05, 0.1) is 10.5 Å². The lowest BCUT2D eigenvalue weighted by Crippen LogP contribution is -2.35. The van der Waals surface area contributed by atoms with Crippen molar-refractivity contribution in [2.45, 2.75) is 63.9 Å². The number of urea groups is 1. The van der Waals surface area contributed by atoms with Crippen LogP contribution in [0.4, 0.5) is 10.5 Å². The van der Waals surface area contributed by atoms with Crippen LogP contribution in [0.3, 0.4) is 0 Å². The van der Waals surface area contributed by atoms with Crippen molar-refractivity contribution in [1.82, 2.24) is 9.71 Å². The molecule has 202 valence electrons. The molecule has 1 aromatic heterocycles. The van der Waals surface area contributed by atoms with E-state index in [0.717, 1.165) is 0 Å². The monoisotopic (exact) mass is 538 g/mol. The molecule has 3 amide bonds. The van der Waals surface area contributed by atoms with Crippen molar-refractivity contribution in [1.29, 1.82) is 0 Å². The molecule has 0 radical (unpaired) electrons. The summed E-state index contributed by atoms with van der Waals surface area (Å²) in [6.07, 6.45) is 3.15. The molecular formula is C28H34N4O5S. The third-order valence-electron chi connectivity index (χ3n) is 6.13. The molecule has 0 saturated carbocycles. The van der Waals surface area contributed by atoms with Crippen molar-refractivity contribution < 1.29 is 23.1 Å². The molecule has 0 atom stereocenters. The van der Waals surface area contributed by atoms with Crippen molar-refractivity contribution in [2.75, 3.05) is 5.32 Å². The van der Waals surface area contributed by atoms with Crippen LogP contribution in [0, 0.1) is 0 Å². The van der Waals surface area contributed by atoms with Crippen LogP contribution in [-0.4, -0.2) is 30.4 Å². The van der Waals surface area contributed by atoms with E-state index >= 15 is 0 Å². The van der Waals surface area contributed by atoms with Crippen LogP contribution >= 0.6 is 0 Å². The van der Waals surface area contributed by atoms with Crippen molar-refractivity contribution in [3.05, 3.63) is 77.1 Å². The summed E-state index contributed by atoms with van der Waals surface area (Å²) in [5.74, 6) is -0.778. The summed E-state index contributed by atoms with van der Waals surface area (Å²) in [6, 6.07) is 10.2. The maximum absolute atomic E-state index is 13.3. The fraction of sp³-hybridized carbons (Fsp3) is 0.321. The first-order valence-electron chi connectivity index (χ1n) is 12.2. The van der Waals surface area contributed by atoms with Crippen LogP contribution in [0.15, 0.2) is 59.8 Å². The highest BCUT2D eigenvalue weighted by atomic mass is 32.2. The van der Waals surface area contributed by atoms with E-state index in [1.807, 2.05) is 27.7 Å². The average molecular weight is 539 g/mol. The maximum Gasteiger partial charge on any atom is 0.333 e. The number of sulfonamides is 1.